The second-order valence-corrected chi connectivity index (χ2v) is 11.2. The number of nitrogens with zero attached hydrogens (tertiary/aromatic N) is 3. The Labute approximate surface area is 212 Å². The normalized spacial score (nSPS) is 26.7. The summed E-state index contributed by atoms with van der Waals surface area (Å²) in [6.45, 7) is 3.72. The maximum Gasteiger partial charge on any atom is 0.320 e. The predicted octanol–water partition coefficient (Wildman–Crippen LogP) is 3.13. The van der Waals surface area contributed by atoms with Crippen molar-refractivity contribution in [2.75, 3.05) is 32.7 Å². The smallest absolute Gasteiger partial charge is 0.320 e. The van der Waals surface area contributed by atoms with Crippen molar-refractivity contribution in [1.82, 2.24) is 25.0 Å². The molecule has 4 fully saturated rings. The molecule has 4 aliphatic heterocycles. The van der Waals surface area contributed by atoms with Gasteiger partial charge in [-0.2, -0.15) is 0 Å². The zero-order valence-electron chi connectivity index (χ0n) is 21.0. The number of amides is 4. The number of aromatic nitrogens is 1. The Hall–Kier alpha value is -3.03. The van der Waals surface area contributed by atoms with Crippen LogP contribution in [0.25, 0.3) is 10.9 Å². The zero-order chi connectivity index (χ0) is 24.6. The first-order valence-electron chi connectivity index (χ1n) is 13.7. The van der Waals surface area contributed by atoms with Crippen molar-refractivity contribution in [3.05, 3.63) is 36.0 Å². The summed E-state index contributed by atoms with van der Waals surface area (Å²) in [5.41, 5.74) is 2.28. The molecule has 2 bridgehead atoms. The van der Waals surface area contributed by atoms with Crippen molar-refractivity contribution in [3.63, 3.8) is 0 Å². The number of H-pyrrole nitrogens is 1. The molecule has 1 aromatic heterocycles. The third-order valence-corrected chi connectivity index (χ3v) is 8.88. The molecule has 2 N–H and O–H groups in total. The van der Waals surface area contributed by atoms with Gasteiger partial charge < -0.3 is 25.0 Å². The maximum atomic E-state index is 13.4. The van der Waals surface area contributed by atoms with E-state index in [0.717, 1.165) is 57.3 Å². The Morgan fingerprint density at radius 3 is 2.72 bits per heavy atom. The van der Waals surface area contributed by atoms with Crippen LogP contribution in [0.4, 0.5) is 4.79 Å². The van der Waals surface area contributed by atoms with Crippen LogP contribution >= 0.6 is 0 Å². The Morgan fingerprint density at radius 1 is 1.03 bits per heavy atom. The standard InChI is InChI=1S/C28H37N5O3/c34-26(9-8-20-15-29-24-5-2-1-4-23(20)24)30-22-10-12-31(13-11-22)28(36)32-16-19-14-21(18-32)25-6-3-7-27(35)33(25)17-19/h1-2,4-5,15,19,21-22,25,29H,3,6-14,16-18H2,(H,30,34)/t19?,21?,25-/m1/s1. The van der Waals surface area contributed by atoms with Crippen LogP contribution in [0, 0.1) is 11.8 Å². The van der Waals surface area contributed by atoms with Crippen LogP contribution in [0.15, 0.2) is 30.5 Å². The highest BCUT2D eigenvalue weighted by Crippen LogP contribution is 2.38. The first-order chi connectivity index (χ1) is 17.5. The SMILES string of the molecule is O=C(CCc1c[nH]c2ccccc12)NC1CCN(C(=O)N2CC3CC(C2)[C@H]2CCCC(=O)N2C3)CC1. The lowest BCUT2D eigenvalue weighted by molar-refractivity contribution is -0.144. The van der Waals surface area contributed by atoms with Gasteiger partial charge in [0.15, 0.2) is 0 Å². The number of nitrogens with one attached hydrogen (secondary N) is 2. The third-order valence-electron chi connectivity index (χ3n) is 8.88. The van der Waals surface area contributed by atoms with E-state index in [9.17, 15) is 14.4 Å². The first-order valence-corrected chi connectivity index (χ1v) is 13.7. The van der Waals surface area contributed by atoms with Gasteiger partial charge in [0.25, 0.3) is 0 Å². The summed E-state index contributed by atoms with van der Waals surface area (Å²) in [7, 11) is 0. The van der Waals surface area contributed by atoms with Crippen molar-refractivity contribution in [2.45, 2.75) is 63.5 Å². The molecule has 36 heavy (non-hydrogen) atoms. The number of urea groups is 1. The number of carbonyl (C=O) groups is 3. The minimum Gasteiger partial charge on any atom is -0.361 e. The molecule has 4 aliphatic rings. The van der Waals surface area contributed by atoms with Gasteiger partial charge in [0.05, 0.1) is 0 Å². The molecular formula is C28H37N5O3. The van der Waals surface area contributed by atoms with Gasteiger partial charge >= 0.3 is 6.03 Å². The van der Waals surface area contributed by atoms with Gasteiger partial charge in [-0.3, -0.25) is 9.59 Å². The van der Waals surface area contributed by atoms with Crippen LogP contribution in [-0.4, -0.2) is 82.3 Å². The van der Waals surface area contributed by atoms with Crippen LogP contribution < -0.4 is 5.32 Å². The van der Waals surface area contributed by atoms with E-state index < -0.39 is 0 Å². The van der Waals surface area contributed by atoms with Gasteiger partial charge in [0.1, 0.15) is 0 Å². The molecule has 2 aromatic rings. The topological polar surface area (TPSA) is 88.7 Å². The number of hydrogen-bond acceptors (Lipinski definition) is 3. The predicted molar refractivity (Wildman–Crippen MR) is 137 cm³/mol. The molecule has 8 nitrogen and oxygen atoms in total. The molecule has 0 radical (unpaired) electrons. The van der Waals surface area contributed by atoms with Gasteiger partial charge in [0, 0.05) is 74.7 Å². The summed E-state index contributed by atoms with van der Waals surface area (Å²) >= 11 is 0. The highest BCUT2D eigenvalue weighted by Gasteiger charge is 2.45. The van der Waals surface area contributed by atoms with E-state index in [4.69, 9.17) is 0 Å². The van der Waals surface area contributed by atoms with Crippen molar-refractivity contribution in [3.8, 4) is 0 Å². The number of likely N-dealkylation sites (tertiary alicyclic amines) is 2. The lowest BCUT2D eigenvalue weighted by atomic mass is 9.76. The molecule has 6 rings (SSSR count). The average Bonchev–Trinajstić information content (AvgIpc) is 3.31. The Balaban J connectivity index is 0.970. The zero-order valence-corrected chi connectivity index (χ0v) is 21.0. The molecule has 2 unspecified atom stereocenters. The van der Waals surface area contributed by atoms with E-state index in [1.807, 2.05) is 23.2 Å². The number of aryl methyl sites for hydroxylation is 1. The third kappa shape index (κ3) is 4.58. The van der Waals surface area contributed by atoms with E-state index >= 15 is 0 Å². The van der Waals surface area contributed by atoms with Crippen molar-refractivity contribution in [2.24, 2.45) is 11.8 Å². The number of para-hydroxylation sites is 1. The lowest BCUT2D eigenvalue weighted by Gasteiger charge is -2.53. The van der Waals surface area contributed by atoms with Crippen molar-refractivity contribution >= 4 is 28.7 Å². The average molecular weight is 492 g/mol. The van der Waals surface area contributed by atoms with Crippen LogP contribution in [0.2, 0.25) is 0 Å². The van der Waals surface area contributed by atoms with Crippen LogP contribution in [-0.2, 0) is 16.0 Å². The van der Waals surface area contributed by atoms with Crippen LogP contribution in [0.5, 0.6) is 0 Å². The van der Waals surface area contributed by atoms with Gasteiger partial charge in [-0.15, -0.1) is 0 Å². The molecule has 3 atom stereocenters. The molecule has 192 valence electrons. The maximum absolute atomic E-state index is 13.4. The Kier molecular flexibility index (Phi) is 6.36. The molecule has 0 saturated carbocycles. The molecule has 4 saturated heterocycles. The highest BCUT2D eigenvalue weighted by molar-refractivity contribution is 5.84. The summed E-state index contributed by atoms with van der Waals surface area (Å²) in [5.74, 6) is 1.21. The number of fused-ring (bicyclic) bond motifs is 5. The van der Waals surface area contributed by atoms with Gasteiger partial charge in [-0.05, 0) is 62.0 Å². The molecule has 8 heteroatoms. The van der Waals surface area contributed by atoms with Gasteiger partial charge in [-0.25, -0.2) is 4.79 Å². The number of aromatic amines is 1. The molecule has 4 amide bonds. The fraction of sp³-hybridized carbons (Fsp3) is 0.607. The number of piperidine rings is 4. The fourth-order valence-corrected chi connectivity index (χ4v) is 7.07. The molecule has 1 aromatic carbocycles. The fourth-order valence-electron chi connectivity index (χ4n) is 7.07. The van der Waals surface area contributed by atoms with Gasteiger partial charge in [-0.1, -0.05) is 18.2 Å². The van der Waals surface area contributed by atoms with Gasteiger partial charge in [0.2, 0.25) is 11.8 Å². The van der Waals surface area contributed by atoms with E-state index in [1.54, 1.807) is 0 Å². The summed E-state index contributed by atoms with van der Waals surface area (Å²) in [6, 6.07) is 8.77. The Morgan fingerprint density at radius 2 is 1.86 bits per heavy atom. The molecule has 0 aliphatic carbocycles. The molecular weight excluding hydrogens is 454 g/mol. The largest absolute Gasteiger partial charge is 0.361 e. The first kappa shape index (κ1) is 23.4. The summed E-state index contributed by atoms with van der Waals surface area (Å²) in [4.78, 5) is 47.8. The van der Waals surface area contributed by atoms with E-state index in [1.165, 1.54) is 10.9 Å². The number of rotatable bonds is 4. The Bertz CT molecular complexity index is 1140. The van der Waals surface area contributed by atoms with Crippen LogP contribution in [0.3, 0.4) is 0 Å². The minimum atomic E-state index is 0.0838. The van der Waals surface area contributed by atoms with Crippen molar-refractivity contribution in [1.29, 1.82) is 0 Å². The molecule has 5 heterocycles. The highest BCUT2D eigenvalue weighted by atomic mass is 16.2. The number of hydrogen-bond donors (Lipinski definition) is 2. The quantitative estimate of drug-likeness (QED) is 0.689. The second kappa shape index (κ2) is 9.79. The summed E-state index contributed by atoms with van der Waals surface area (Å²) < 4.78 is 0. The van der Waals surface area contributed by atoms with E-state index in [-0.39, 0.29) is 18.0 Å². The molecule has 0 spiro atoms. The van der Waals surface area contributed by atoms with E-state index in [0.29, 0.717) is 56.1 Å². The lowest BCUT2D eigenvalue weighted by Crippen LogP contribution is -2.62. The second-order valence-electron chi connectivity index (χ2n) is 11.2. The summed E-state index contributed by atoms with van der Waals surface area (Å²) in [6.07, 6.45) is 8.68. The monoisotopic (exact) mass is 491 g/mol. The minimum absolute atomic E-state index is 0.0838. The van der Waals surface area contributed by atoms with E-state index in [2.05, 4.69) is 32.2 Å². The van der Waals surface area contributed by atoms with Crippen molar-refractivity contribution < 1.29 is 14.4 Å². The summed E-state index contributed by atoms with van der Waals surface area (Å²) in [5, 5.41) is 4.38. The number of benzene rings is 1. The van der Waals surface area contributed by atoms with Crippen LogP contribution in [0.1, 0.15) is 50.5 Å². The number of carbonyl (C=O) groups excluding carboxylic acids is 3.